The van der Waals surface area contributed by atoms with Crippen LogP contribution in [-0.4, -0.2) is 33.8 Å². The average molecular weight is 318 g/mol. The minimum Gasteiger partial charge on any atom is -0.461 e. The highest BCUT2D eigenvalue weighted by Gasteiger charge is 2.05. The van der Waals surface area contributed by atoms with Crippen molar-refractivity contribution in [2.24, 2.45) is 0 Å². The Labute approximate surface area is 123 Å². The molecule has 0 spiro atoms. The number of rotatable bonds is 6. The van der Waals surface area contributed by atoms with Gasteiger partial charge in [-0.25, -0.2) is 17.9 Å². The number of esters is 1. The number of hydrogen-bond acceptors (Lipinski definition) is 4. The number of nitrogens with one attached hydrogen (secondary N) is 1. The molecule has 20 heavy (non-hydrogen) atoms. The molecule has 1 N–H and O–H groups in total. The zero-order valence-corrected chi connectivity index (χ0v) is 12.8. The highest BCUT2D eigenvalue weighted by molar-refractivity contribution is 7.88. The van der Waals surface area contributed by atoms with Crippen LogP contribution in [0.15, 0.2) is 30.3 Å². The number of carbonyl (C=O) groups excluding carboxylic acids is 1. The van der Waals surface area contributed by atoms with Gasteiger partial charge >= 0.3 is 5.97 Å². The molecule has 0 aromatic heterocycles. The number of hydrogen-bond donors (Lipinski definition) is 1. The van der Waals surface area contributed by atoms with Gasteiger partial charge in [-0.3, -0.25) is 0 Å². The maximum atomic E-state index is 11.5. The first-order chi connectivity index (χ1) is 9.29. The second-order valence-corrected chi connectivity index (χ2v) is 6.38. The van der Waals surface area contributed by atoms with Crippen LogP contribution >= 0.6 is 11.6 Å². The number of sulfonamides is 1. The average Bonchev–Trinajstić information content (AvgIpc) is 2.34. The first-order valence-corrected chi connectivity index (χ1v) is 8.11. The largest absolute Gasteiger partial charge is 0.461 e. The van der Waals surface area contributed by atoms with Crippen LogP contribution in [0.2, 0.25) is 5.02 Å². The van der Waals surface area contributed by atoms with Crippen molar-refractivity contribution in [2.75, 3.05) is 19.4 Å². The minimum absolute atomic E-state index is 0.0296. The summed E-state index contributed by atoms with van der Waals surface area (Å²) in [4.78, 5) is 11.5. The molecule has 0 bridgehead atoms. The summed E-state index contributed by atoms with van der Waals surface area (Å²) in [7, 11) is -3.27. The van der Waals surface area contributed by atoms with Crippen LogP contribution in [0.25, 0.3) is 5.57 Å². The normalized spacial score (nSPS) is 12.2. The smallest absolute Gasteiger partial charge is 0.331 e. The molecule has 0 aliphatic rings. The van der Waals surface area contributed by atoms with E-state index in [2.05, 4.69) is 4.72 Å². The van der Waals surface area contributed by atoms with Gasteiger partial charge < -0.3 is 4.74 Å². The fourth-order valence-electron chi connectivity index (χ4n) is 1.46. The van der Waals surface area contributed by atoms with Crippen LogP contribution in [-0.2, 0) is 19.6 Å². The lowest BCUT2D eigenvalue weighted by molar-refractivity contribution is -0.137. The van der Waals surface area contributed by atoms with Gasteiger partial charge in [0, 0.05) is 17.6 Å². The molecule has 0 radical (unpaired) electrons. The molecule has 5 nitrogen and oxygen atoms in total. The standard InChI is InChI=1S/C13H16ClNO4S/c1-10(11-5-3-4-6-12(11)14)9-13(16)19-8-7-15-20(2,17)18/h3-6,9,15H,7-8H2,1-2H3/b10-9-. The predicted molar refractivity (Wildman–Crippen MR) is 78.9 cm³/mol. The van der Waals surface area contributed by atoms with Crippen molar-refractivity contribution in [3.05, 3.63) is 40.9 Å². The maximum absolute atomic E-state index is 11.5. The summed E-state index contributed by atoms with van der Waals surface area (Å²) >= 11 is 6.01. The fourth-order valence-corrected chi connectivity index (χ4v) is 2.19. The van der Waals surface area contributed by atoms with Gasteiger partial charge in [-0.05, 0) is 24.1 Å². The number of halogens is 1. The summed E-state index contributed by atoms with van der Waals surface area (Å²) in [6.45, 7) is 1.76. The van der Waals surface area contributed by atoms with Crippen LogP contribution in [0.4, 0.5) is 0 Å². The van der Waals surface area contributed by atoms with Gasteiger partial charge in [0.15, 0.2) is 0 Å². The highest BCUT2D eigenvalue weighted by Crippen LogP contribution is 2.22. The molecule has 1 aromatic carbocycles. The number of allylic oxidation sites excluding steroid dienone is 1. The van der Waals surface area contributed by atoms with Crippen molar-refractivity contribution in [1.82, 2.24) is 4.72 Å². The lowest BCUT2D eigenvalue weighted by Gasteiger charge is -2.05. The predicted octanol–water partition coefficient (Wildman–Crippen LogP) is 1.84. The third kappa shape index (κ3) is 6.18. The van der Waals surface area contributed by atoms with E-state index in [1.807, 2.05) is 6.07 Å². The molecular formula is C13H16ClNO4S. The summed E-state index contributed by atoms with van der Waals surface area (Å²) in [6.07, 6.45) is 2.36. The van der Waals surface area contributed by atoms with Crippen LogP contribution in [0, 0.1) is 0 Å². The minimum atomic E-state index is -3.27. The number of carbonyl (C=O) groups is 1. The van der Waals surface area contributed by atoms with Crippen LogP contribution in [0.3, 0.4) is 0 Å². The Morgan fingerprint density at radius 3 is 2.65 bits per heavy atom. The van der Waals surface area contributed by atoms with Crippen molar-refractivity contribution >= 4 is 33.2 Å². The van der Waals surface area contributed by atoms with Gasteiger partial charge in [0.25, 0.3) is 0 Å². The van der Waals surface area contributed by atoms with Crippen molar-refractivity contribution in [3.63, 3.8) is 0 Å². The zero-order chi connectivity index (χ0) is 15.2. The van der Waals surface area contributed by atoms with Gasteiger partial charge in [-0.2, -0.15) is 0 Å². The Hall–Kier alpha value is -1.37. The summed E-state index contributed by atoms with van der Waals surface area (Å²) in [6, 6.07) is 7.15. The molecule has 110 valence electrons. The van der Waals surface area contributed by atoms with Gasteiger partial charge in [-0.15, -0.1) is 0 Å². The maximum Gasteiger partial charge on any atom is 0.331 e. The van der Waals surface area contributed by atoms with Crippen molar-refractivity contribution < 1.29 is 17.9 Å². The Bertz CT molecular complexity index is 611. The zero-order valence-electron chi connectivity index (χ0n) is 11.2. The first kappa shape index (κ1) is 16.7. The Balaban J connectivity index is 2.53. The van der Waals surface area contributed by atoms with Crippen molar-refractivity contribution in [1.29, 1.82) is 0 Å². The van der Waals surface area contributed by atoms with Crippen LogP contribution in [0.1, 0.15) is 12.5 Å². The van der Waals surface area contributed by atoms with Gasteiger partial charge in [-0.1, -0.05) is 29.8 Å². The van der Waals surface area contributed by atoms with E-state index in [4.69, 9.17) is 16.3 Å². The molecule has 1 rings (SSSR count). The Morgan fingerprint density at radius 2 is 2.05 bits per heavy atom. The molecule has 0 atom stereocenters. The summed E-state index contributed by atoms with van der Waals surface area (Å²) < 4.78 is 28.7. The van der Waals surface area contributed by atoms with Gasteiger partial charge in [0.1, 0.15) is 6.61 Å². The monoisotopic (exact) mass is 317 g/mol. The third-order valence-corrected chi connectivity index (χ3v) is 3.40. The molecule has 0 aliphatic carbocycles. The fraction of sp³-hybridized carbons (Fsp3) is 0.308. The van der Waals surface area contributed by atoms with Gasteiger partial charge in [0.2, 0.25) is 10.0 Å². The molecule has 1 aromatic rings. The highest BCUT2D eigenvalue weighted by atomic mass is 35.5. The lowest BCUT2D eigenvalue weighted by Crippen LogP contribution is -2.26. The summed E-state index contributed by atoms with van der Waals surface area (Å²) in [5.41, 5.74) is 1.43. The van der Waals surface area contributed by atoms with E-state index in [-0.39, 0.29) is 13.2 Å². The second-order valence-electron chi connectivity index (χ2n) is 4.14. The quantitative estimate of drug-likeness (QED) is 0.493. The molecule has 0 saturated heterocycles. The molecule has 0 unspecified atom stereocenters. The van der Waals surface area contributed by atoms with Gasteiger partial charge in [0.05, 0.1) is 6.26 Å². The van der Waals surface area contributed by atoms with E-state index in [9.17, 15) is 13.2 Å². The van der Waals surface area contributed by atoms with E-state index in [1.165, 1.54) is 6.08 Å². The van der Waals surface area contributed by atoms with E-state index in [0.717, 1.165) is 11.8 Å². The topological polar surface area (TPSA) is 72.5 Å². The Morgan fingerprint density at radius 1 is 1.40 bits per heavy atom. The van der Waals surface area contributed by atoms with Crippen LogP contribution < -0.4 is 4.72 Å². The van der Waals surface area contributed by atoms with Crippen molar-refractivity contribution in [2.45, 2.75) is 6.92 Å². The SMILES string of the molecule is C/C(=C/C(=O)OCCNS(C)(=O)=O)c1ccccc1Cl. The van der Waals surface area contributed by atoms with Crippen LogP contribution in [0.5, 0.6) is 0 Å². The lowest BCUT2D eigenvalue weighted by atomic mass is 10.1. The van der Waals surface area contributed by atoms with E-state index in [1.54, 1.807) is 25.1 Å². The molecule has 0 saturated carbocycles. The molecule has 0 aliphatic heterocycles. The van der Waals surface area contributed by atoms with Crippen molar-refractivity contribution in [3.8, 4) is 0 Å². The Kier molecular flexibility index (Phi) is 6.19. The number of benzene rings is 1. The second kappa shape index (κ2) is 7.42. The third-order valence-electron chi connectivity index (χ3n) is 2.34. The number of ether oxygens (including phenoxy) is 1. The summed E-state index contributed by atoms with van der Waals surface area (Å²) in [5, 5.41) is 0.549. The van der Waals surface area contributed by atoms with E-state index in [0.29, 0.717) is 10.6 Å². The first-order valence-electron chi connectivity index (χ1n) is 5.84. The molecule has 0 heterocycles. The summed E-state index contributed by atoms with van der Waals surface area (Å²) in [5.74, 6) is -0.544. The van der Waals surface area contributed by atoms with E-state index >= 15 is 0 Å². The molecular weight excluding hydrogens is 302 g/mol. The molecule has 7 heteroatoms. The van der Waals surface area contributed by atoms with E-state index < -0.39 is 16.0 Å². The molecule has 0 amide bonds. The molecule has 0 fully saturated rings.